The van der Waals surface area contributed by atoms with Gasteiger partial charge in [0, 0.05) is 0 Å². The van der Waals surface area contributed by atoms with Gasteiger partial charge < -0.3 is 5.73 Å². The Morgan fingerprint density at radius 3 is 2.16 bits per heavy atom. The molecule has 0 amide bonds. The van der Waals surface area contributed by atoms with Crippen LogP contribution in [0.25, 0.3) is 0 Å². The quantitative estimate of drug-likeness (QED) is 0.779. The number of nitrogen functional groups attached to an aromatic ring is 1. The smallest absolute Gasteiger partial charge is 0.0635 e. The first kappa shape index (κ1) is 12.1. The van der Waals surface area contributed by atoms with Crippen LogP contribution in [0.2, 0.25) is 5.02 Å². The number of halogens is 1. The number of hydrogen-bond donors (Lipinski definition) is 1. The minimum Gasteiger partial charge on any atom is -0.398 e. The van der Waals surface area contributed by atoms with Crippen LogP contribution in [-0.2, 0) is 6.42 Å². The normalized spacial score (nSPS) is 39.7. The molecule has 4 bridgehead atoms. The minimum absolute atomic E-state index is 0.592. The molecule has 102 valence electrons. The van der Waals surface area contributed by atoms with Gasteiger partial charge in [0.1, 0.15) is 0 Å². The lowest BCUT2D eigenvalue weighted by atomic mass is 9.48. The van der Waals surface area contributed by atoms with E-state index in [9.17, 15) is 0 Å². The molecule has 19 heavy (non-hydrogen) atoms. The fraction of sp³-hybridized carbons (Fsp3) is 0.647. The molecule has 4 saturated carbocycles. The number of benzene rings is 1. The maximum atomic E-state index is 6.03. The van der Waals surface area contributed by atoms with Gasteiger partial charge in [0.05, 0.1) is 10.7 Å². The summed E-state index contributed by atoms with van der Waals surface area (Å²) in [6, 6.07) is 6.24. The Kier molecular flexibility index (Phi) is 2.64. The Morgan fingerprint density at radius 2 is 1.63 bits per heavy atom. The average Bonchev–Trinajstić information content (AvgIpc) is 2.31. The van der Waals surface area contributed by atoms with E-state index in [1.165, 1.54) is 50.5 Å². The molecule has 0 spiro atoms. The van der Waals surface area contributed by atoms with Crippen LogP contribution in [0, 0.1) is 23.2 Å². The summed E-state index contributed by atoms with van der Waals surface area (Å²) in [7, 11) is 0. The lowest BCUT2D eigenvalue weighted by Crippen LogP contribution is -2.47. The van der Waals surface area contributed by atoms with Crippen LogP contribution in [0.15, 0.2) is 18.2 Å². The fourth-order valence-corrected chi connectivity index (χ4v) is 5.76. The molecule has 0 aromatic heterocycles. The highest BCUT2D eigenvalue weighted by molar-refractivity contribution is 6.33. The highest BCUT2D eigenvalue weighted by atomic mass is 35.5. The summed E-state index contributed by atoms with van der Waals surface area (Å²) >= 11 is 6.03. The lowest BCUT2D eigenvalue weighted by molar-refractivity contribution is -0.0521. The molecule has 0 unspecified atom stereocenters. The monoisotopic (exact) mass is 275 g/mol. The minimum atomic E-state index is 0.592. The predicted molar refractivity (Wildman–Crippen MR) is 80.2 cm³/mol. The third-order valence-corrected chi connectivity index (χ3v) is 6.15. The van der Waals surface area contributed by atoms with Gasteiger partial charge in [-0.3, -0.25) is 0 Å². The second-order valence-corrected chi connectivity index (χ2v) is 7.86. The van der Waals surface area contributed by atoms with E-state index in [-0.39, 0.29) is 0 Å². The van der Waals surface area contributed by atoms with Crippen LogP contribution < -0.4 is 5.73 Å². The summed E-state index contributed by atoms with van der Waals surface area (Å²) in [5.41, 5.74) is 8.68. The number of hydrogen-bond acceptors (Lipinski definition) is 1. The van der Waals surface area contributed by atoms with Gasteiger partial charge >= 0.3 is 0 Å². The van der Waals surface area contributed by atoms with Crippen molar-refractivity contribution in [3.05, 3.63) is 28.8 Å². The third-order valence-electron chi connectivity index (χ3n) is 5.80. The Morgan fingerprint density at radius 1 is 1.05 bits per heavy atom. The maximum Gasteiger partial charge on any atom is 0.0635 e. The van der Waals surface area contributed by atoms with Crippen molar-refractivity contribution in [3.63, 3.8) is 0 Å². The Hall–Kier alpha value is -0.690. The van der Waals surface area contributed by atoms with Crippen molar-refractivity contribution in [1.29, 1.82) is 0 Å². The van der Waals surface area contributed by atoms with Gasteiger partial charge in [-0.1, -0.05) is 17.7 Å². The lowest BCUT2D eigenvalue weighted by Gasteiger charge is -2.57. The molecule has 1 aromatic rings. The summed E-state index contributed by atoms with van der Waals surface area (Å²) in [6.45, 7) is 0. The molecule has 5 rings (SSSR count). The second-order valence-electron chi connectivity index (χ2n) is 7.45. The van der Waals surface area contributed by atoms with Crippen LogP contribution in [0.4, 0.5) is 5.69 Å². The number of nitrogens with two attached hydrogens (primary N) is 1. The predicted octanol–water partition coefficient (Wildman–Crippen LogP) is 4.68. The van der Waals surface area contributed by atoms with E-state index in [0.717, 1.165) is 23.4 Å². The van der Waals surface area contributed by atoms with E-state index in [4.69, 9.17) is 17.3 Å². The highest BCUT2D eigenvalue weighted by Crippen LogP contribution is 2.61. The molecule has 1 nitrogen and oxygen atoms in total. The van der Waals surface area contributed by atoms with Crippen LogP contribution in [-0.4, -0.2) is 0 Å². The van der Waals surface area contributed by atoms with E-state index >= 15 is 0 Å². The van der Waals surface area contributed by atoms with E-state index in [2.05, 4.69) is 12.1 Å². The van der Waals surface area contributed by atoms with Crippen molar-refractivity contribution in [2.24, 2.45) is 23.2 Å². The van der Waals surface area contributed by atoms with Gasteiger partial charge in [-0.2, -0.15) is 0 Å². The van der Waals surface area contributed by atoms with Crippen molar-refractivity contribution >= 4 is 17.3 Å². The zero-order valence-corrected chi connectivity index (χ0v) is 12.1. The molecule has 0 atom stereocenters. The Balaban J connectivity index is 1.60. The van der Waals surface area contributed by atoms with Crippen molar-refractivity contribution in [1.82, 2.24) is 0 Å². The Labute approximate surface area is 120 Å². The van der Waals surface area contributed by atoms with Gasteiger partial charge in [0.25, 0.3) is 0 Å². The summed E-state index contributed by atoms with van der Waals surface area (Å²) < 4.78 is 0. The first-order chi connectivity index (χ1) is 9.12. The van der Waals surface area contributed by atoms with Crippen molar-refractivity contribution in [2.45, 2.75) is 44.9 Å². The summed E-state index contributed by atoms with van der Waals surface area (Å²) in [5, 5.41) is 0.689. The average molecular weight is 276 g/mol. The van der Waals surface area contributed by atoms with E-state index in [1.54, 1.807) is 0 Å². The topological polar surface area (TPSA) is 26.0 Å². The molecule has 4 aliphatic carbocycles. The van der Waals surface area contributed by atoms with Gasteiger partial charge in [0.2, 0.25) is 0 Å². The first-order valence-electron chi connectivity index (χ1n) is 7.66. The Bertz CT molecular complexity index is 473. The molecule has 1 aromatic carbocycles. The maximum absolute atomic E-state index is 6.03. The zero-order chi connectivity index (χ0) is 13.0. The molecular formula is C17H22ClN. The van der Waals surface area contributed by atoms with Crippen LogP contribution in [0.3, 0.4) is 0 Å². The molecule has 0 aliphatic heterocycles. The highest BCUT2D eigenvalue weighted by Gasteiger charge is 2.50. The molecule has 4 aliphatic rings. The molecule has 0 heterocycles. The molecule has 2 N–H and O–H groups in total. The zero-order valence-electron chi connectivity index (χ0n) is 11.4. The summed E-state index contributed by atoms with van der Waals surface area (Å²) in [4.78, 5) is 0. The van der Waals surface area contributed by atoms with Gasteiger partial charge in [0.15, 0.2) is 0 Å². The molecular weight excluding hydrogens is 254 g/mol. The van der Waals surface area contributed by atoms with E-state index < -0.39 is 0 Å². The standard InChI is InChI=1S/C17H22ClN/c18-15-2-1-11(6-16(15)19)7-17-8-12-3-13(9-17)5-14(4-12)10-17/h1-2,6,12-14H,3-5,7-10,19H2. The fourth-order valence-electron chi connectivity index (χ4n) is 5.64. The largest absolute Gasteiger partial charge is 0.398 e. The molecule has 0 radical (unpaired) electrons. The van der Waals surface area contributed by atoms with E-state index in [0.29, 0.717) is 10.4 Å². The second kappa shape index (κ2) is 4.15. The SMILES string of the molecule is Nc1cc(CC23CC4CC(CC(C4)C2)C3)ccc1Cl. The van der Waals surface area contributed by atoms with Gasteiger partial charge in [-0.05, 0) is 85.8 Å². The first-order valence-corrected chi connectivity index (χ1v) is 8.04. The summed E-state index contributed by atoms with van der Waals surface area (Å²) in [5.74, 6) is 3.07. The molecule has 0 saturated heterocycles. The number of rotatable bonds is 2. The van der Waals surface area contributed by atoms with E-state index in [1.807, 2.05) is 6.07 Å². The molecule has 2 heteroatoms. The van der Waals surface area contributed by atoms with Gasteiger partial charge in [-0.15, -0.1) is 0 Å². The number of anilines is 1. The van der Waals surface area contributed by atoms with Gasteiger partial charge in [-0.25, -0.2) is 0 Å². The van der Waals surface area contributed by atoms with Crippen molar-refractivity contribution in [2.75, 3.05) is 5.73 Å². The van der Waals surface area contributed by atoms with Crippen LogP contribution in [0.1, 0.15) is 44.1 Å². The van der Waals surface area contributed by atoms with Crippen LogP contribution >= 0.6 is 11.6 Å². The van der Waals surface area contributed by atoms with Crippen LogP contribution in [0.5, 0.6) is 0 Å². The van der Waals surface area contributed by atoms with Crippen molar-refractivity contribution in [3.8, 4) is 0 Å². The van der Waals surface area contributed by atoms with Crippen molar-refractivity contribution < 1.29 is 0 Å². The third kappa shape index (κ3) is 2.07. The summed E-state index contributed by atoms with van der Waals surface area (Å²) in [6.07, 6.45) is 10.1. The molecule has 4 fully saturated rings.